The predicted molar refractivity (Wildman–Crippen MR) is 115 cm³/mol. The van der Waals surface area contributed by atoms with E-state index in [1.165, 1.54) is 5.56 Å². The van der Waals surface area contributed by atoms with E-state index in [1.807, 2.05) is 24.7 Å². The summed E-state index contributed by atoms with van der Waals surface area (Å²) in [4.78, 5) is 13.5. The standard InChI is InChI=1S/C23H29N5/c1-15(2)23(24)9-6-19(7-10-23)27-22-26-13-18-12-17(4-5-21(18)28-22)20-14-25-11-8-16(20)3/h4-5,8,11-15,19H,6-7,9-10,24H2,1-3H3,(H,26,27,28). The van der Waals surface area contributed by atoms with E-state index in [-0.39, 0.29) is 5.54 Å². The molecule has 0 radical (unpaired) electrons. The molecule has 0 saturated heterocycles. The molecule has 5 nitrogen and oxygen atoms in total. The van der Waals surface area contributed by atoms with E-state index in [2.05, 4.69) is 54.3 Å². The minimum atomic E-state index is -0.0246. The van der Waals surface area contributed by atoms with Gasteiger partial charge in [0, 0.05) is 41.1 Å². The number of nitrogens with one attached hydrogen (secondary N) is 1. The summed E-state index contributed by atoms with van der Waals surface area (Å²) in [5, 5.41) is 4.56. The van der Waals surface area contributed by atoms with Crippen molar-refractivity contribution in [2.75, 3.05) is 5.32 Å². The van der Waals surface area contributed by atoms with Crippen LogP contribution in [0, 0.1) is 12.8 Å². The molecule has 4 rings (SSSR count). The number of pyridine rings is 1. The molecule has 1 aromatic carbocycles. The molecular formula is C23H29N5. The lowest BCUT2D eigenvalue weighted by molar-refractivity contribution is 0.212. The van der Waals surface area contributed by atoms with E-state index in [4.69, 9.17) is 10.7 Å². The Labute approximate surface area is 166 Å². The number of nitrogens with zero attached hydrogens (tertiary/aromatic N) is 3. The van der Waals surface area contributed by atoms with Crippen molar-refractivity contribution in [3.63, 3.8) is 0 Å². The first-order chi connectivity index (χ1) is 13.4. The number of aromatic nitrogens is 3. The Morgan fingerprint density at radius 1 is 1.14 bits per heavy atom. The fraction of sp³-hybridized carbons (Fsp3) is 0.435. The van der Waals surface area contributed by atoms with Crippen LogP contribution in [0.15, 0.2) is 42.9 Å². The van der Waals surface area contributed by atoms with E-state index < -0.39 is 0 Å². The van der Waals surface area contributed by atoms with Crippen molar-refractivity contribution in [3.05, 3.63) is 48.4 Å². The van der Waals surface area contributed by atoms with Crippen LogP contribution in [-0.2, 0) is 0 Å². The second-order valence-electron chi connectivity index (χ2n) is 8.46. The summed E-state index contributed by atoms with van der Waals surface area (Å²) in [6.07, 6.45) is 9.86. The van der Waals surface area contributed by atoms with E-state index in [0.29, 0.717) is 17.9 Å². The Morgan fingerprint density at radius 3 is 2.64 bits per heavy atom. The number of rotatable bonds is 4. The monoisotopic (exact) mass is 375 g/mol. The highest BCUT2D eigenvalue weighted by molar-refractivity contribution is 5.85. The predicted octanol–water partition coefficient (Wildman–Crippen LogP) is 4.71. The molecule has 1 fully saturated rings. The Hall–Kier alpha value is -2.53. The second-order valence-corrected chi connectivity index (χ2v) is 8.46. The smallest absolute Gasteiger partial charge is 0.223 e. The van der Waals surface area contributed by atoms with Gasteiger partial charge in [0.15, 0.2) is 0 Å². The van der Waals surface area contributed by atoms with Crippen molar-refractivity contribution in [3.8, 4) is 11.1 Å². The molecule has 0 spiro atoms. The van der Waals surface area contributed by atoms with Crippen molar-refractivity contribution in [1.29, 1.82) is 0 Å². The van der Waals surface area contributed by atoms with E-state index in [9.17, 15) is 0 Å². The Bertz CT molecular complexity index is 974. The summed E-state index contributed by atoms with van der Waals surface area (Å²) in [6, 6.07) is 8.73. The normalized spacial score (nSPS) is 22.5. The van der Waals surface area contributed by atoms with Crippen LogP contribution in [0.4, 0.5) is 5.95 Å². The number of hydrogen-bond donors (Lipinski definition) is 2. The lowest BCUT2D eigenvalue weighted by Gasteiger charge is -2.40. The molecule has 146 valence electrons. The molecule has 0 amide bonds. The van der Waals surface area contributed by atoms with Crippen molar-refractivity contribution in [1.82, 2.24) is 15.0 Å². The van der Waals surface area contributed by atoms with Gasteiger partial charge in [-0.2, -0.15) is 0 Å². The Balaban J connectivity index is 1.50. The van der Waals surface area contributed by atoms with Crippen LogP contribution < -0.4 is 11.1 Å². The summed E-state index contributed by atoms with van der Waals surface area (Å²) in [6.45, 7) is 6.55. The van der Waals surface area contributed by atoms with E-state index >= 15 is 0 Å². The maximum atomic E-state index is 6.54. The van der Waals surface area contributed by atoms with Gasteiger partial charge in [-0.05, 0) is 67.9 Å². The zero-order chi connectivity index (χ0) is 19.7. The molecule has 0 unspecified atom stereocenters. The SMILES string of the molecule is Cc1ccncc1-c1ccc2nc(NC3CCC(N)(C(C)C)CC3)ncc2c1. The number of nitrogens with two attached hydrogens (primary N) is 1. The fourth-order valence-corrected chi connectivity index (χ4v) is 4.10. The summed E-state index contributed by atoms with van der Waals surface area (Å²) in [5.74, 6) is 1.22. The third-order valence-corrected chi connectivity index (χ3v) is 6.33. The first-order valence-electron chi connectivity index (χ1n) is 10.2. The Kier molecular flexibility index (Phi) is 5.02. The van der Waals surface area contributed by atoms with Crippen LogP contribution in [-0.4, -0.2) is 26.5 Å². The molecular weight excluding hydrogens is 346 g/mol. The fourth-order valence-electron chi connectivity index (χ4n) is 4.10. The minimum absolute atomic E-state index is 0.0246. The van der Waals surface area contributed by atoms with Gasteiger partial charge >= 0.3 is 0 Å². The van der Waals surface area contributed by atoms with Gasteiger partial charge in [0.05, 0.1) is 5.52 Å². The second kappa shape index (κ2) is 7.47. The maximum absolute atomic E-state index is 6.54. The molecule has 5 heteroatoms. The summed E-state index contributed by atoms with van der Waals surface area (Å²) >= 11 is 0. The van der Waals surface area contributed by atoms with Crippen molar-refractivity contribution in [2.45, 2.75) is 58.0 Å². The summed E-state index contributed by atoms with van der Waals surface area (Å²) in [7, 11) is 0. The molecule has 3 N–H and O–H groups in total. The van der Waals surface area contributed by atoms with Crippen molar-refractivity contribution >= 4 is 16.9 Å². The third-order valence-electron chi connectivity index (χ3n) is 6.33. The highest BCUT2D eigenvalue weighted by atomic mass is 15.1. The number of anilines is 1. The highest BCUT2D eigenvalue weighted by Gasteiger charge is 2.34. The van der Waals surface area contributed by atoms with Gasteiger partial charge in [-0.25, -0.2) is 9.97 Å². The highest BCUT2D eigenvalue weighted by Crippen LogP contribution is 2.33. The summed E-state index contributed by atoms with van der Waals surface area (Å²) < 4.78 is 0. The number of aryl methyl sites for hydroxylation is 1. The Morgan fingerprint density at radius 2 is 1.93 bits per heavy atom. The topological polar surface area (TPSA) is 76.7 Å². The first-order valence-corrected chi connectivity index (χ1v) is 10.2. The molecule has 1 aliphatic rings. The molecule has 2 heterocycles. The molecule has 1 saturated carbocycles. The van der Waals surface area contributed by atoms with Crippen LogP contribution in [0.25, 0.3) is 22.0 Å². The molecule has 0 bridgehead atoms. The van der Waals surface area contributed by atoms with Gasteiger partial charge < -0.3 is 11.1 Å². The number of hydrogen-bond acceptors (Lipinski definition) is 5. The van der Waals surface area contributed by atoms with Crippen LogP contribution in [0.5, 0.6) is 0 Å². The molecule has 0 aliphatic heterocycles. The molecule has 3 aromatic rings. The van der Waals surface area contributed by atoms with E-state index in [0.717, 1.165) is 47.7 Å². The average Bonchev–Trinajstić information content (AvgIpc) is 2.70. The van der Waals surface area contributed by atoms with Gasteiger partial charge in [-0.15, -0.1) is 0 Å². The van der Waals surface area contributed by atoms with Crippen LogP contribution in [0.2, 0.25) is 0 Å². The summed E-state index contributed by atoms with van der Waals surface area (Å²) in [5.41, 5.74) is 11.0. The van der Waals surface area contributed by atoms with Crippen molar-refractivity contribution in [2.24, 2.45) is 11.7 Å². The molecule has 0 atom stereocenters. The molecule has 2 aromatic heterocycles. The molecule has 1 aliphatic carbocycles. The van der Waals surface area contributed by atoms with Gasteiger partial charge in [0.2, 0.25) is 5.95 Å². The lowest BCUT2D eigenvalue weighted by Crippen LogP contribution is -2.49. The van der Waals surface area contributed by atoms with Gasteiger partial charge in [-0.1, -0.05) is 19.9 Å². The zero-order valence-corrected chi connectivity index (χ0v) is 16.9. The first kappa shape index (κ1) is 18.8. The zero-order valence-electron chi connectivity index (χ0n) is 16.9. The third kappa shape index (κ3) is 3.72. The minimum Gasteiger partial charge on any atom is -0.351 e. The van der Waals surface area contributed by atoms with Crippen LogP contribution in [0.3, 0.4) is 0 Å². The number of benzene rings is 1. The van der Waals surface area contributed by atoms with Gasteiger partial charge in [-0.3, -0.25) is 4.98 Å². The van der Waals surface area contributed by atoms with Crippen molar-refractivity contribution < 1.29 is 0 Å². The maximum Gasteiger partial charge on any atom is 0.223 e. The average molecular weight is 376 g/mol. The van der Waals surface area contributed by atoms with Gasteiger partial charge in [0.25, 0.3) is 0 Å². The van der Waals surface area contributed by atoms with Gasteiger partial charge in [0.1, 0.15) is 0 Å². The lowest BCUT2D eigenvalue weighted by atomic mass is 9.73. The van der Waals surface area contributed by atoms with Crippen LogP contribution in [0.1, 0.15) is 45.1 Å². The number of fused-ring (bicyclic) bond motifs is 1. The molecule has 28 heavy (non-hydrogen) atoms. The largest absolute Gasteiger partial charge is 0.351 e. The van der Waals surface area contributed by atoms with Crippen LogP contribution >= 0.6 is 0 Å². The van der Waals surface area contributed by atoms with E-state index in [1.54, 1.807) is 0 Å². The quantitative estimate of drug-likeness (QED) is 0.691.